The lowest BCUT2D eigenvalue weighted by atomic mass is 9.92. The molecule has 0 aromatic carbocycles. The highest BCUT2D eigenvalue weighted by molar-refractivity contribution is 6.74. The lowest BCUT2D eigenvalue weighted by molar-refractivity contribution is -0.136. The lowest BCUT2D eigenvalue weighted by Crippen LogP contribution is -2.46. The zero-order valence-electron chi connectivity index (χ0n) is 17.6. The molecule has 0 spiro atoms. The van der Waals surface area contributed by atoms with Crippen LogP contribution in [0.3, 0.4) is 0 Å². The number of carbonyl (C=O) groups is 2. The number of methoxy groups -OCH3 is 1. The first-order valence-corrected chi connectivity index (χ1v) is 11.8. The molecule has 0 aromatic rings. The number of hydrogen-bond acceptors (Lipinski definition) is 4. The fourth-order valence-electron chi connectivity index (χ4n) is 2.10. The minimum atomic E-state index is -2.01. The van der Waals surface area contributed by atoms with E-state index < -0.39 is 14.3 Å². The number of ether oxygens (including phenoxy) is 1. The third-order valence-electron chi connectivity index (χ3n) is 5.21. The molecule has 0 aliphatic carbocycles. The number of ketones is 1. The van der Waals surface area contributed by atoms with Crippen molar-refractivity contribution in [2.24, 2.45) is 5.92 Å². The van der Waals surface area contributed by atoms with Gasteiger partial charge in [-0.15, -0.1) is 0 Å². The van der Waals surface area contributed by atoms with Gasteiger partial charge in [0.05, 0.1) is 13.2 Å². The van der Waals surface area contributed by atoms with E-state index in [-0.39, 0.29) is 29.3 Å². The van der Waals surface area contributed by atoms with E-state index in [1.54, 1.807) is 13.0 Å². The first-order valence-electron chi connectivity index (χ1n) is 8.86. The van der Waals surface area contributed by atoms with Crippen LogP contribution < -0.4 is 0 Å². The van der Waals surface area contributed by atoms with E-state index in [1.807, 2.05) is 26.8 Å². The van der Waals surface area contributed by atoms with Gasteiger partial charge in [0.15, 0.2) is 8.32 Å². The second-order valence-electron chi connectivity index (χ2n) is 8.17. The van der Waals surface area contributed by atoms with Gasteiger partial charge in [-0.1, -0.05) is 39.8 Å². The van der Waals surface area contributed by atoms with Crippen LogP contribution in [0.2, 0.25) is 18.1 Å². The van der Waals surface area contributed by atoms with E-state index in [9.17, 15) is 9.59 Å². The summed E-state index contributed by atoms with van der Waals surface area (Å²) in [5, 5.41) is 0.0728. The van der Waals surface area contributed by atoms with Crippen LogP contribution >= 0.6 is 0 Å². The average molecular weight is 369 g/mol. The minimum absolute atomic E-state index is 0.0631. The Bertz CT molecular complexity index is 538. The summed E-state index contributed by atoms with van der Waals surface area (Å²) in [4.78, 5) is 24.1. The van der Waals surface area contributed by atoms with E-state index in [0.29, 0.717) is 5.57 Å². The summed E-state index contributed by atoms with van der Waals surface area (Å²) in [5.74, 6) is -0.612. The molecule has 0 bridgehead atoms. The molecule has 0 rings (SSSR count). The van der Waals surface area contributed by atoms with Crippen LogP contribution in [0.5, 0.6) is 0 Å². The van der Waals surface area contributed by atoms with Gasteiger partial charge in [-0.25, -0.2) is 4.79 Å². The van der Waals surface area contributed by atoms with Crippen molar-refractivity contribution in [2.75, 3.05) is 7.11 Å². The number of rotatable bonds is 8. The minimum Gasteiger partial charge on any atom is -0.466 e. The SMILES string of the molecule is C/C=C(\C)[C@H](O[Si](C)(C)C(C)(C)C)[C@@H](C)C(=O)C/C=C(\C)C(=O)OC. The van der Waals surface area contributed by atoms with E-state index in [0.717, 1.165) is 5.57 Å². The van der Waals surface area contributed by atoms with Gasteiger partial charge in [0.1, 0.15) is 5.78 Å². The van der Waals surface area contributed by atoms with Gasteiger partial charge in [-0.2, -0.15) is 0 Å². The van der Waals surface area contributed by atoms with Gasteiger partial charge >= 0.3 is 5.97 Å². The normalized spacial score (nSPS) is 16.4. The molecular formula is C20H36O4Si. The van der Waals surface area contributed by atoms with E-state index >= 15 is 0 Å². The molecule has 0 fully saturated rings. The van der Waals surface area contributed by atoms with Crippen LogP contribution in [0.4, 0.5) is 0 Å². The second-order valence-corrected chi connectivity index (χ2v) is 12.9. The van der Waals surface area contributed by atoms with Gasteiger partial charge in [0.25, 0.3) is 0 Å². The van der Waals surface area contributed by atoms with Gasteiger partial charge in [-0.05, 0) is 44.5 Å². The Labute approximate surface area is 154 Å². The molecule has 0 saturated heterocycles. The maximum absolute atomic E-state index is 12.7. The Kier molecular flexibility index (Phi) is 9.03. The van der Waals surface area contributed by atoms with Crippen LogP contribution in [-0.2, 0) is 18.8 Å². The Hall–Kier alpha value is -1.20. The molecule has 0 aliphatic heterocycles. The van der Waals surface area contributed by atoms with Crippen molar-refractivity contribution < 1.29 is 18.8 Å². The highest BCUT2D eigenvalue weighted by Gasteiger charge is 2.41. The highest BCUT2D eigenvalue weighted by atomic mass is 28.4. The Morgan fingerprint density at radius 3 is 2.08 bits per heavy atom. The summed E-state index contributed by atoms with van der Waals surface area (Å²) >= 11 is 0. The first-order chi connectivity index (χ1) is 11.3. The second kappa shape index (κ2) is 9.48. The molecule has 0 aromatic heterocycles. The lowest BCUT2D eigenvalue weighted by Gasteiger charge is -2.41. The quantitative estimate of drug-likeness (QED) is 0.260. The van der Waals surface area contributed by atoms with Crippen molar-refractivity contribution in [3.63, 3.8) is 0 Å². The molecule has 4 nitrogen and oxygen atoms in total. The van der Waals surface area contributed by atoms with Crippen LogP contribution in [0.15, 0.2) is 23.3 Å². The Morgan fingerprint density at radius 2 is 1.68 bits per heavy atom. The third kappa shape index (κ3) is 6.90. The molecule has 0 N–H and O–H groups in total. The van der Waals surface area contributed by atoms with Crippen molar-refractivity contribution in [3.8, 4) is 0 Å². The van der Waals surface area contributed by atoms with Crippen molar-refractivity contribution in [1.29, 1.82) is 0 Å². The standard InChI is InChI=1S/C20H36O4Si/c1-11-14(2)18(24-25(9,10)20(5,6)7)16(4)17(21)13-12-15(3)19(22)23-8/h11-12,16,18H,13H2,1-10H3/b14-11+,15-12+/t16-,18-/m0/s1. The zero-order chi connectivity index (χ0) is 20.0. The summed E-state index contributed by atoms with van der Waals surface area (Å²) < 4.78 is 11.2. The maximum atomic E-state index is 12.7. The van der Waals surface area contributed by atoms with E-state index in [4.69, 9.17) is 4.43 Å². The largest absolute Gasteiger partial charge is 0.466 e. The van der Waals surface area contributed by atoms with E-state index in [1.165, 1.54) is 7.11 Å². The van der Waals surface area contributed by atoms with Crippen LogP contribution in [0, 0.1) is 5.92 Å². The van der Waals surface area contributed by atoms with Gasteiger partial charge in [-0.3, -0.25) is 4.79 Å². The van der Waals surface area contributed by atoms with Crippen molar-refractivity contribution >= 4 is 20.1 Å². The first kappa shape index (κ1) is 23.8. The molecule has 0 saturated carbocycles. The molecule has 0 heterocycles. The third-order valence-corrected chi connectivity index (χ3v) is 9.67. The summed E-state index contributed by atoms with van der Waals surface area (Å²) in [7, 11) is -0.671. The summed E-state index contributed by atoms with van der Waals surface area (Å²) in [5.41, 5.74) is 1.52. The predicted molar refractivity (Wildman–Crippen MR) is 106 cm³/mol. The molecule has 0 unspecified atom stereocenters. The molecule has 0 radical (unpaired) electrons. The number of carbonyl (C=O) groups excluding carboxylic acids is 2. The predicted octanol–water partition coefficient (Wildman–Crippen LogP) is 5.06. The molecule has 0 aliphatic rings. The molecule has 0 amide bonds. The van der Waals surface area contributed by atoms with Crippen molar-refractivity contribution in [1.82, 2.24) is 0 Å². The smallest absolute Gasteiger partial charge is 0.333 e. The topological polar surface area (TPSA) is 52.6 Å². The maximum Gasteiger partial charge on any atom is 0.333 e. The van der Waals surface area contributed by atoms with Gasteiger partial charge < -0.3 is 9.16 Å². The Morgan fingerprint density at radius 1 is 1.16 bits per heavy atom. The number of allylic oxidation sites excluding steroid dienone is 2. The molecular weight excluding hydrogens is 332 g/mol. The van der Waals surface area contributed by atoms with Crippen LogP contribution in [0.1, 0.15) is 54.9 Å². The van der Waals surface area contributed by atoms with E-state index in [2.05, 4.69) is 38.6 Å². The summed E-state index contributed by atoms with van der Waals surface area (Å²) in [6, 6.07) is 0. The molecule has 2 atom stereocenters. The highest BCUT2D eigenvalue weighted by Crippen LogP contribution is 2.39. The average Bonchev–Trinajstić information content (AvgIpc) is 2.53. The Balaban J connectivity index is 5.36. The van der Waals surface area contributed by atoms with Crippen LogP contribution in [-0.4, -0.2) is 33.3 Å². The fourth-order valence-corrected chi connectivity index (χ4v) is 3.48. The van der Waals surface area contributed by atoms with Crippen molar-refractivity contribution in [3.05, 3.63) is 23.3 Å². The molecule has 5 heteroatoms. The number of hydrogen-bond donors (Lipinski definition) is 0. The van der Waals surface area contributed by atoms with Crippen molar-refractivity contribution in [2.45, 2.75) is 79.1 Å². The number of esters is 1. The summed E-state index contributed by atoms with van der Waals surface area (Å²) in [6.45, 7) is 18.5. The monoisotopic (exact) mass is 368 g/mol. The number of Topliss-reactive ketones (excluding diaryl/α,β-unsaturated/α-hetero) is 1. The zero-order valence-corrected chi connectivity index (χ0v) is 18.6. The van der Waals surface area contributed by atoms with Gasteiger partial charge in [0, 0.05) is 17.9 Å². The summed E-state index contributed by atoms with van der Waals surface area (Å²) in [6.07, 6.45) is 3.62. The molecule has 144 valence electrons. The fraction of sp³-hybridized carbons (Fsp3) is 0.700. The van der Waals surface area contributed by atoms with Crippen LogP contribution in [0.25, 0.3) is 0 Å². The van der Waals surface area contributed by atoms with Gasteiger partial charge in [0.2, 0.25) is 0 Å². The molecule has 25 heavy (non-hydrogen) atoms.